The number of hydrogen-bond acceptors (Lipinski definition) is 3. The number of aliphatic hydroxyl groups is 1. The zero-order valence-electron chi connectivity index (χ0n) is 9.15. The largest absolute Gasteiger partial charge is 0.391 e. The van der Waals surface area contributed by atoms with Crippen LogP contribution >= 0.6 is 0 Å². The number of carbonyl (C=O) groups is 1. The zero-order chi connectivity index (χ0) is 12.3. The molecule has 1 aliphatic rings. The van der Waals surface area contributed by atoms with Gasteiger partial charge in [-0.05, 0) is 24.1 Å². The number of β-amino-alcohol motifs (C(OH)–C–C–N with tert-alkyl or cyclic N) is 1. The highest BCUT2D eigenvalue weighted by molar-refractivity contribution is 5.94. The second-order valence-corrected chi connectivity index (χ2v) is 3.93. The van der Waals surface area contributed by atoms with Gasteiger partial charge in [0.15, 0.2) is 0 Å². The van der Waals surface area contributed by atoms with E-state index in [0.717, 1.165) is 0 Å². The summed E-state index contributed by atoms with van der Waals surface area (Å²) in [5.41, 5.74) is 9.27. The Labute approximate surface area is 98.1 Å². The van der Waals surface area contributed by atoms with Crippen LogP contribution in [0.15, 0.2) is 29.4 Å². The molecule has 0 saturated carbocycles. The van der Waals surface area contributed by atoms with Gasteiger partial charge in [-0.25, -0.2) is 0 Å². The topological polar surface area (TPSA) is 89.3 Å². The Morgan fingerprint density at radius 2 is 2.18 bits per heavy atom. The molecule has 1 amide bonds. The minimum Gasteiger partial charge on any atom is -0.391 e. The zero-order valence-corrected chi connectivity index (χ0v) is 9.15. The molecular weight excluding hydrogens is 220 g/mol. The minimum absolute atomic E-state index is 0.103. The molecule has 0 radical (unpaired) electrons. The fraction of sp³-hybridized carbons (Fsp3) is 0.364. The summed E-state index contributed by atoms with van der Waals surface area (Å²) in [6.45, 7) is 0.967. The Balaban J connectivity index is 2.11. The molecule has 1 saturated heterocycles. The Hall–Kier alpha value is -2.04. The average molecular weight is 232 g/mol. The summed E-state index contributed by atoms with van der Waals surface area (Å²) in [4.78, 5) is 16.3. The van der Waals surface area contributed by atoms with Crippen molar-refractivity contribution < 1.29 is 9.90 Å². The summed E-state index contributed by atoms with van der Waals surface area (Å²) >= 11 is 0. The molecule has 17 heavy (non-hydrogen) atoms. The van der Waals surface area contributed by atoms with E-state index in [9.17, 15) is 9.90 Å². The van der Waals surface area contributed by atoms with E-state index in [1.807, 2.05) is 0 Å². The van der Waals surface area contributed by atoms with Gasteiger partial charge in [-0.15, -0.1) is 0 Å². The molecule has 0 unspecified atom stereocenters. The highest BCUT2D eigenvalue weighted by atomic mass is 16.3. The van der Waals surface area contributed by atoms with E-state index >= 15 is 0 Å². The summed E-state index contributed by atoms with van der Waals surface area (Å²) in [5, 5.41) is 12.8. The van der Waals surface area contributed by atoms with Gasteiger partial charge in [0.25, 0.3) is 5.91 Å². The predicted octanol–water partition coefficient (Wildman–Crippen LogP) is 1.84. The van der Waals surface area contributed by atoms with E-state index in [4.69, 9.17) is 5.53 Å². The SMILES string of the molecule is [N-]=[N+]=Nc1ccc(C(=O)N2CC[C@H](O)C2)cc1. The Bertz CT molecular complexity index is 465. The number of rotatable bonds is 2. The highest BCUT2D eigenvalue weighted by Gasteiger charge is 2.25. The van der Waals surface area contributed by atoms with Gasteiger partial charge in [0.2, 0.25) is 0 Å². The van der Waals surface area contributed by atoms with Crippen molar-refractivity contribution in [3.8, 4) is 0 Å². The maximum absolute atomic E-state index is 12.0. The number of carbonyl (C=O) groups excluding carboxylic acids is 1. The fourth-order valence-electron chi connectivity index (χ4n) is 1.83. The van der Waals surface area contributed by atoms with Crippen molar-refractivity contribution >= 4 is 11.6 Å². The van der Waals surface area contributed by atoms with E-state index in [2.05, 4.69) is 10.0 Å². The summed E-state index contributed by atoms with van der Waals surface area (Å²) in [6.07, 6.45) is 0.212. The maximum Gasteiger partial charge on any atom is 0.253 e. The molecule has 1 aromatic rings. The second kappa shape index (κ2) is 4.86. The van der Waals surface area contributed by atoms with Crippen LogP contribution in [0.5, 0.6) is 0 Å². The van der Waals surface area contributed by atoms with Crippen LogP contribution in [0.25, 0.3) is 10.4 Å². The Kier molecular flexibility index (Phi) is 3.27. The molecule has 1 atom stereocenters. The molecule has 1 aromatic carbocycles. The first-order valence-electron chi connectivity index (χ1n) is 5.33. The third-order valence-electron chi connectivity index (χ3n) is 2.73. The molecule has 0 bridgehead atoms. The van der Waals surface area contributed by atoms with Gasteiger partial charge in [0.1, 0.15) is 0 Å². The molecule has 0 aromatic heterocycles. The number of azide groups is 1. The van der Waals surface area contributed by atoms with Gasteiger partial charge < -0.3 is 10.0 Å². The van der Waals surface area contributed by atoms with Crippen molar-refractivity contribution in [2.75, 3.05) is 13.1 Å². The van der Waals surface area contributed by atoms with Gasteiger partial charge in [-0.1, -0.05) is 17.2 Å². The number of hydrogen-bond donors (Lipinski definition) is 1. The summed E-state index contributed by atoms with van der Waals surface area (Å²) in [6, 6.07) is 6.44. The summed E-state index contributed by atoms with van der Waals surface area (Å²) in [7, 11) is 0. The number of benzene rings is 1. The monoisotopic (exact) mass is 232 g/mol. The standard InChI is InChI=1S/C11H12N4O2/c12-14-13-9-3-1-8(2-4-9)11(17)15-6-5-10(16)7-15/h1-4,10,16H,5-7H2/t10-/m0/s1. The first-order chi connectivity index (χ1) is 8.20. The molecule has 6 nitrogen and oxygen atoms in total. The van der Waals surface area contributed by atoms with Crippen molar-refractivity contribution in [1.82, 2.24) is 4.90 Å². The van der Waals surface area contributed by atoms with Crippen LogP contribution in [0.3, 0.4) is 0 Å². The van der Waals surface area contributed by atoms with E-state index < -0.39 is 6.10 Å². The summed E-state index contributed by atoms with van der Waals surface area (Å²) < 4.78 is 0. The van der Waals surface area contributed by atoms with Crippen molar-refractivity contribution in [3.05, 3.63) is 40.3 Å². The molecule has 0 spiro atoms. The Morgan fingerprint density at radius 3 is 2.71 bits per heavy atom. The third kappa shape index (κ3) is 2.55. The van der Waals surface area contributed by atoms with Gasteiger partial charge in [-0.3, -0.25) is 4.79 Å². The number of aliphatic hydroxyl groups excluding tert-OH is 1. The lowest BCUT2D eigenvalue weighted by molar-refractivity contribution is 0.0765. The highest BCUT2D eigenvalue weighted by Crippen LogP contribution is 2.17. The molecule has 1 N–H and O–H groups in total. The normalized spacial score (nSPS) is 18.9. The first kappa shape index (κ1) is 11.4. The van der Waals surface area contributed by atoms with E-state index in [-0.39, 0.29) is 5.91 Å². The van der Waals surface area contributed by atoms with Gasteiger partial charge in [0, 0.05) is 29.3 Å². The quantitative estimate of drug-likeness (QED) is 0.479. The van der Waals surface area contributed by atoms with Crippen LogP contribution in [0.4, 0.5) is 5.69 Å². The fourth-order valence-corrected chi connectivity index (χ4v) is 1.83. The van der Waals surface area contributed by atoms with E-state index in [1.54, 1.807) is 29.2 Å². The molecule has 1 aliphatic heterocycles. The third-order valence-corrected chi connectivity index (χ3v) is 2.73. The smallest absolute Gasteiger partial charge is 0.253 e. The lowest BCUT2D eigenvalue weighted by Gasteiger charge is -2.15. The van der Waals surface area contributed by atoms with Crippen LogP contribution in [0, 0.1) is 0 Å². The van der Waals surface area contributed by atoms with Gasteiger partial charge >= 0.3 is 0 Å². The number of nitrogens with zero attached hydrogens (tertiary/aromatic N) is 4. The van der Waals surface area contributed by atoms with Gasteiger partial charge in [0.05, 0.1) is 6.10 Å². The molecule has 1 heterocycles. The summed E-state index contributed by atoms with van der Waals surface area (Å²) in [5.74, 6) is -0.103. The predicted molar refractivity (Wildman–Crippen MR) is 61.8 cm³/mol. The second-order valence-electron chi connectivity index (χ2n) is 3.93. The molecule has 6 heteroatoms. The van der Waals surface area contributed by atoms with E-state index in [1.165, 1.54) is 0 Å². The lowest BCUT2D eigenvalue weighted by atomic mass is 10.2. The molecule has 2 rings (SSSR count). The molecular formula is C11H12N4O2. The average Bonchev–Trinajstić information content (AvgIpc) is 2.76. The van der Waals surface area contributed by atoms with E-state index in [0.29, 0.717) is 30.8 Å². The van der Waals surface area contributed by atoms with Crippen molar-refractivity contribution in [2.45, 2.75) is 12.5 Å². The molecule has 1 fully saturated rings. The molecule has 0 aliphatic carbocycles. The molecule has 88 valence electrons. The van der Waals surface area contributed by atoms with Crippen LogP contribution in [0.2, 0.25) is 0 Å². The van der Waals surface area contributed by atoms with Crippen molar-refractivity contribution in [2.24, 2.45) is 5.11 Å². The van der Waals surface area contributed by atoms with Crippen LogP contribution in [0.1, 0.15) is 16.8 Å². The number of amides is 1. The lowest BCUT2D eigenvalue weighted by Crippen LogP contribution is -2.29. The van der Waals surface area contributed by atoms with Crippen LogP contribution in [-0.4, -0.2) is 35.1 Å². The van der Waals surface area contributed by atoms with Gasteiger partial charge in [-0.2, -0.15) is 0 Å². The first-order valence-corrected chi connectivity index (χ1v) is 5.33. The minimum atomic E-state index is -0.415. The Morgan fingerprint density at radius 1 is 1.47 bits per heavy atom. The van der Waals surface area contributed by atoms with Crippen LogP contribution in [-0.2, 0) is 0 Å². The maximum atomic E-state index is 12.0. The van der Waals surface area contributed by atoms with Crippen molar-refractivity contribution in [3.63, 3.8) is 0 Å². The van der Waals surface area contributed by atoms with Crippen LogP contribution < -0.4 is 0 Å². The number of likely N-dealkylation sites (tertiary alicyclic amines) is 1. The van der Waals surface area contributed by atoms with Crippen molar-refractivity contribution in [1.29, 1.82) is 0 Å².